The van der Waals surface area contributed by atoms with Crippen molar-refractivity contribution >= 4 is 33.2 Å². The minimum atomic E-state index is -3.54. The van der Waals surface area contributed by atoms with E-state index in [4.69, 9.17) is 16.3 Å². The molecular weight excluding hydrogens is 424 g/mol. The van der Waals surface area contributed by atoms with Crippen molar-refractivity contribution in [3.8, 4) is 5.75 Å². The Hall–Kier alpha value is -2.09. The Balaban J connectivity index is 1.41. The highest BCUT2D eigenvalue weighted by Crippen LogP contribution is 2.31. The van der Waals surface area contributed by atoms with Gasteiger partial charge in [0.25, 0.3) is 0 Å². The van der Waals surface area contributed by atoms with Crippen molar-refractivity contribution in [3.63, 3.8) is 0 Å². The molecule has 160 valence electrons. The van der Waals surface area contributed by atoms with E-state index < -0.39 is 10.0 Å². The van der Waals surface area contributed by atoms with Gasteiger partial charge in [-0.15, -0.1) is 0 Å². The lowest BCUT2D eigenvalue weighted by Gasteiger charge is -2.30. The van der Waals surface area contributed by atoms with Gasteiger partial charge in [0.2, 0.25) is 15.9 Å². The van der Waals surface area contributed by atoms with E-state index >= 15 is 0 Å². The number of halogens is 1. The molecule has 1 N–H and O–H groups in total. The molecule has 1 aliphatic heterocycles. The van der Waals surface area contributed by atoms with Gasteiger partial charge in [0.05, 0.1) is 17.7 Å². The molecule has 0 aromatic heterocycles. The maximum Gasteiger partial charge on any atom is 0.243 e. The van der Waals surface area contributed by atoms with Crippen LogP contribution in [0.1, 0.15) is 30.4 Å². The van der Waals surface area contributed by atoms with Gasteiger partial charge in [0.1, 0.15) is 5.75 Å². The fourth-order valence-corrected chi connectivity index (χ4v) is 5.92. The lowest BCUT2D eigenvalue weighted by Crippen LogP contribution is -2.41. The van der Waals surface area contributed by atoms with Crippen LogP contribution in [0.4, 0.5) is 5.69 Å². The Bertz CT molecular complexity index is 1060. The number of nitrogens with zero attached hydrogens (tertiary/aromatic N) is 1. The second kappa shape index (κ2) is 8.57. The van der Waals surface area contributed by atoms with E-state index in [2.05, 4.69) is 5.32 Å². The molecule has 2 aliphatic rings. The van der Waals surface area contributed by atoms with Crippen LogP contribution in [0.3, 0.4) is 0 Å². The summed E-state index contributed by atoms with van der Waals surface area (Å²) < 4.78 is 32.9. The van der Waals surface area contributed by atoms with Gasteiger partial charge in [-0.25, -0.2) is 8.42 Å². The number of ether oxygens (including phenoxy) is 1. The summed E-state index contributed by atoms with van der Waals surface area (Å²) in [7, 11) is -2.01. The Morgan fingerprint density at radius 1 is 1.10 bits per heavy atom. The molecule has 8 heteroatoms. The number of sulfonamides is 1. The summed E-state index contributed by atoms with van der Waals surface area (Å²) in [6.07, 6.45) is 3.98. The first-order chi connectivity index (χ1) is 14.4. The van der Waals surface area contributed by atoms with Crippen LogP contribution in [0.5, 0.6) is 5.75 Å². The van der Waals surface area contributed by atoms with Crippen molar-refractivity contribution in [1.82, 2.24) is 4.31 Å². The van der Waals surface area contributed by atoms with E-state index in [1.807, 2.05) is 12.1 Å². The Morgan fingerprint density at radius 2 is 1.83 bits per heavy atom. The largest absolute Gasteiger partial charge is 0.495 e. The number of piperidine rings is 1. The van der Waals surface area contributed by atoms with Gasteiger partial charge in [-0.1, -0.05) is 17.7 Å². The summed E-state index contributed by atoms with van der Waals surface area (Å²) in [5.74, 6) is 0.120. The molecule has 1 heterocycles. The summed E-state index contributed by atoms with van der Waals surface area (Å²) in [5, 5.41) is 3.37. The zero-order valence-electron chi connectivity index (χ0n) is 16.9. The van der Waals surface area contributed by atoms with Crippen molar-refractivity contribution < 1.29 is 17.9 Å². The van der Waals surface area contributed by atoms with Crippen LogP contribution in [-0.2, 0) is 27.7 Å². The number of amides is 1. The number of nitrogens with one attached hydrogen (secondary N) is 1. The van der Waals surface area contributed by atoms with Crippen LogP contribution < -0.4 is 10.1 Å². The molecule has 6 nitrogen and oxygen atoms in total. The van der Waals surface area contributed by atoms with E-state index in [1.165, 1.54) is 17.0 Å². The second-order valence-electron chi connectivity index (χ2n) is 7.80. The van der Waals surface area contributed by atoms with Crippen molar-refractivity contribution in [3.05, 3.63) is 52.5 Å². The first-order valence-corrected chi connectivity index (χ1v) is 12.0. The average Bonchev–Trinajstić information content (AvgIpc) is 3.22. The van der Waals surface area contributed by atoms with Crippen LogP contribution in [0.15, 0.2) is 41.3 Å². The number of fused-ring (bicyclic) bond motifs is 1. The van der Waals surface area contributed by atoms with Gasteiger partial charge in [-0.3, -0.25) is 4.79 Å². The zero-order valence-corrected chi connectivity index (χ0v) is 18.4. The smallest absolute Gasteiger partial charge is 0.243 e. The first-order valence-electron chi connectivity index (χ1n) is 10.1. The topological polar surface area (TPSA) is 75.7 Å². The van der Waals surface area contributed by atoms with Crippen LogP contribution in [0, 0.1) is 5.92 Å². The van der Waals surface area contributed by atoms with Gasteiger partial charge < -0.3 is 10.1 Å². The molecule has 1 aliphatic carbocycles. The SMILES string of the molecule is COc1ccc(Cl)cc1NC(=O)C1CCN(S(=O)(=O)c2ccc3c(c2)CCC3)CC1. The Kier molecular flexibility index (Phi) is 6.04. The predicted molar refractivity (Wildman–Crippen MR) is 117 cm³/mol. The normalized spacial score (nSPS) is 17.5. The second-order valence-corrected chi connectivity index (χ2v) is 10.2. The number of hydrogen-bond donors (Lipinski definition) is 1. The van der Waals surface area contributed by atoms with E-state index in [0.29, 0.717) is 47.3 Å². The van der Waals surface area contributed by atoms with Crippen molar-refractivity contribution in [2.24, 2.45) is 5.92 Å². The molecule has 0 saturated carbocycles. The fraction of sp³-hybridized carbons (Fsp3) is 0.409. The van der Waals surface area contributed by atoms with Crippen LogP contribution in [0.2, 0.25) is 5.02 Å². The molecule has 1 saturated heterocycles. The number of benzene rings is 2. The number of hydrogen-bond acceptors (Lipinski definition) is 4. The third kappa shape index (κ3) is 4.19. The van der Waals surface area contributed by atoms with E-state index in [0.717, 1.165) is 24.8 Å². The lowest BCUT2D eigenvalue weighted by atomic mass is 9.97. The number of rotatable bonds is 5. The summed E-state index contributed by atoms with van der Waals surface area (Å²) in [4.78, 5) is 13.1. The van der Waals surface area contributed by atoms with Crippen molar-refractivity contribution in [2.45, 2.75) is 37.0 Å². The molecule has 0 atom stereocenters. The number of aryl methyl sites for hydroxylation is 2. The molecule has 1 amide bonds. The van der Waals surface area contributed by atoms with Crippen molar-refractivity contribution in [2.75, 3.05) is 25.5 Å². The number of carbonyl (C=O) groups is 1. The highest BCUT2D eigenvalue weighted by atomic mass is 35.5. The molecule has 0 unspecified atom stereocenters. The molecule has 0 bridgehead atoms. The fourth-order valence-electron chi connectivity index (χ4n) is 4.23. The average molecular weight is 449 g/mol. The quantitative estimate of drug-likeness (QED) is 0.753. The van der Waals surface area contributed by atoms with Crippen LogP contribution >= 0.6 is 11.6 Å². The molecular formula is C22H25ClN2O4S. The van der Waals surface area contributed by atoms with Gasteiger partial charge in [-0.05, 0) is 73.6 Å². The summed E-state index contributed by atoms with van der Waals surface area (Å²) in [5.41, 5.74) is 2.91. The minimum Gasteiger partial charge on any atom is -0.495 e. The first kappa shape index (κ1) is 21.2. The monoisotopic (exact) mass is 448 g/mol. The van der Waals surface area contributed by atoms with Crippen LogP contribution in [0.25, 0.3) is 0 Å². The molecule has 4 rings (SSSR count). The standard InChI is InChI=1S/C22H25ClN2O4S/c1-29-21-8-6-18(23)14-20(21)24-22(26)16-9-11-25(12-10-16)30(27,28)19-7-5-15-3-2-4-17(15)13-19/h5-8,13-14,16H,2-4,9-12H2,1H3,(H,24,26). The predicted octanol–water partition coefficient (Wildman–Crippen LogP) is 3.88. The molecule has 0 spiro atoms. The van der Waals surface area contributed by atoms with Gasteiger partial charge in [0.15, 0.2) is 0 Å². The molecule has 30 heavy (non-hydrogen) atoms. The van der Waals surface area contributed by atoms with Gasteiger partial charge in [-0.2, -0.15) is 4.31 Å². The molecule has 2 aromatic carbocycles. The van der Waals surface area contributed by atoms with E-state index in [-0.39, 0.29) is 11.8 Å². The third-order valence-corrected chi connectivity index (χ3v) is 8.08. The van der Waals surface area contributed by atoms with Gasteiger partial charge >= 0.3 is 0 Å². The van der Waals surface area contributed by atoms with E-state index in [9.17, 15) is 13.2 Å². The van der Waals surface area contributed by atoms with Gasteiger partial charge in [0, 0.05) is 24.0 Å². The number of carbonyl (C=O) groups excluding carboxylic acids is 1. The molecule has 2 aromatic rings. The zero-order chi connectivity index (χ0) is 21.3. The number of anilines is 1. The summed E-state index contributed by atoms with van der Waals surface area (Å²) >= 11 is 6.03. The third-order valence-electron chi connectivity index (χ3n) is 5.95. The minimum absolute atomic E-state index is 0.148. The van der Waals surface area contributed by atoms with Crippen molar-refractivity contribution in [1.29, 1.82) is 0 Å². The van der Waals surface area contributed by atoms with Crippen LogP contribution in [-0.4, -0.2) is 38.8 Å². The Labute approximate surface area is 182 Å². The van der Waals surface area contributed by atoms with E-state index in [1.54, 1.807) is 24.3 Å². The maximum atomic E-state index is 13.1. The summed E-state index contributed by atoms with van der Waals surface area (Å²) in [6.45, 7) is 0.647. The lowest BCUT2D eigenvalue weighted by molar-refractivity contribution is -0.120. The highest BCUT2D eigenvalue weighted by molar-refractivity contribution is 7.89. The highest BCUT2D eigenvalue weighted by Gasteiger charge is 2.33. The summed E-state index contributed by atoms with van der Waals surface area (Å²) in [6, 6.07) is 10.5. The number of methoxy groups -OCH3 is 1. The molecule has 1 fully saturated rings. The molecule has 0 radical (unpaired) electrons. The maximum absolute atomic E-state index is 13.1. The Morgan fingerprint density at radius 3 is 2.57 bits per heavy atom.